The van der Waals surface area contributed by atoms with Gasteiger partial charge < -0.3 is 14.7 Å². The number of carbonyl (C=O) groups is 1. The van der Waals surface area contributed by atoms with E-state index in [0.29, 0.717) is 5.65 Å². The number of pyridine rings is 1. The van der Waals surface area contributed by atoms with E-state index in [4.69, 9.17) is 4.74 Å². The molecule has 1 aliphatic heterocycles. The predicted octanol–water partition coefficient (Wildman–Crippen LogP) is 3.93. The maximum Gasteiger partial charge on any atom is 0.354 e. The van der Waals surface area contributed by atoms with E-state index in [1.807, 2.05) is 49.4 Å². The highest BCUT2D eigenvalue weighted by molar-refractivity contribution is 6.00. The third-order valence-electron chi connectivity index (χ3n) is 5.59. The third-order valence-corrected chi connectivity index (χ3v) is 5.59. The molecule has 1 fully saturated rings. The number of fused-ring (bicyclic) bond motifs is 1. The molecule has 5 rings (SSSR count). The number of hydrogen-bond acceptors (Lipinski definition) is 5. The van der Waals surface area contributed by atoms with Crippen molar-refractivity contribution in [3.8, 4) is 16.8 Å². The van der Waals surface area contributed by atoms with Gasteiger partial charge >= 0.3 is 5.97 Å². The molecule has 0 bridgehead atoms. The molecule has 1 aliphatic rings. The van der Waals surface area contributed by atoms with Crippen LogP contribution in [0.4, 0.5) is 5.69 Å². The quantitative estimate of drug-likeness (QED) is 0.545. The van der Waals surface area contributed by atoms with Gasteiger partial charge in [0.2, 0.25) is 0 Å². The number of para-hydroxylation sites is 1. The summed E-state index contributed by atoms with van der Waals surface area (Å²) < 4.78 is 7.15. The summed E-state index contributed by atoms with van der Waals surface area (Å²) in [5.41, 5.74) is 5.05. The van der Waals surface area contributed by atoms with E-state index in [9.17, 15) is 9.90 Å². The van der Waals surface area contributed by atoms with E-state index in [1.54, 1.807) is 10.7 Å². The summed E-state index contributed by atoms with van der Waals surface area (Å²) in [5, 5.41) is 15.2. The van der Waals surface area contributed by atoms with Crippen molar-refractivity contribution in [3.63, 3.8) is 0 Å². The van der Waals surface area contributed by atoms with Gasteiger partial charge in [0.25, 0.3) is 0 Å². The highest BCUT2D eigenvalue weighted by Crippen LogP contribution is 2.33. The topological polar surface area (TPSA) is 80.5 Å². The Morgan fingerprint density at radius 2 is 1.71 bits per heavy atom. The molecule has 2 aromatic carbocycles. The Kier molecular flexibility index (Phi) is 4.88. The number of aromatic nitrogens is 3. The Balaban J connectivity index is 1.66. The predicted molar refractivity (Wildman–Crippen MR) is 119 cm³/mol. The van der Waals surface area contributed by atoms with Gasteiger partial charge in [-0.15, -0.1) is 0 Å². The number of benzene rings is 2. The maximum absolute atomic E-state index is 11.8. The van der Waals surface area contributed by atoms with Gasteiger partial charge in [0.05, 0.1) is 30.0 Å². The monoisotopic (exact) mass is 414 g/mol. The number of aryl methyl sites for hydroxylation is 1. The summed E-state index contributed by atoms with van der Waals surface area (Å²) in [6.07, 6.45) is 0. The molecule has 1 saturated heterocycles. The molecule has 31 heavy (non-hydrogen) atoms. The van der Waals surface area contributed by atoms with Crippen LogP contribution >= 0.6 is 0 Å². The summed E-state index contributed by atoms with van der Waals surface area (Å²) >= 11 is 0. The zero-order valence-electron chi connectivity index (χ0n) is 17.2. The fourth-order valence-electron chi connectivity index (χ4n) is 4.05. The highest BCUT2D eigenvalue weighted by atomic mass is 16.5. The average molecular weight is 414 g/mol. The van der Waals surface area contributed by atoms with Crippen molar-refractivity contribution in [2.45, 2.75) is 6.92 Å². The number of hydrogen-bond donors (Lipinski definition) is 1. The van der Waals surface area contributed by atoms with Crippen molar-refractivity contribution < 1.29 is 14.6 Å². The van der Waals surface area contributed by atoms with Crippen molar-refractivity contribution in [2.24, 2.45) is 0 Å². The molecule has 156 valence electrons. The molecule has 3 heterocycles. The molecular formula is C24H22N4O3. The van der Waals surface area contributed by atoms with Gasteiger partial charge in [-0.2, -0.15) is 5.10 Å². The first kappa shape index (κ1) is 19.3. The minimum absolute atomic E-state index is 0.00293. The number of rotatable bonds is 4. The summed E-state index contributed by atoms with van der Waals surface area (Å²) in [7, 11) is 0. The number of carboxylic acids is 1. The zero-order valence-corrected chi connectivity index (χ0v) is 17.2. The van der Waals surface area contributed by atoms with Crippen LogP contribution < -0.4 is 4.90 Å². The van der Waals surface area contributed by atoms with Crippen LogP contribution in [0.3, 0.4) is 0 Å². The lowest BCUT2D eigenvalue weighted by molar-refractivity contribution is 0.0691. The summed E-state index contributed by atoms with van der Waals surface area (Å²) in [6.45, 7) is 5.12. The fourth-order valence-corrected chi connectivity index (χ4v) is 4.05. The highest BCUT2D eigenvalue weighted by Gasteiger charge is 2.20. The van der Waals surface area contributed by atoms with Crippen molar-refractivity contribution in [1.82, 2.24) is 14.8 Å². The van der Waals surface area contributed by atoms with Crippen LogP contribution in [0.2, 0.25) is 0 Å². The first-order valence-electron chi connectivity index (χ1n) is 10.2. The molecule has 1 N–H and O–H groups in total. The normalized spacial score (nSPS) is 14.2. The molecule has 0 spiro atoms. The number of morpholine rings is 1. The van der Waals surface area contributed by atoms with Crippen molar-refractivity contribution in [3.05, 3.63) is 72.1 Å². The van der Waals surface area contributed by atoms with Crippen LogP contribution in [0.15, 0.2) is 60.7 Å². The average Bonchev–Trinajstić information content (AvgIpc) is 3.16. The van der Waals surface area contributed by atoms with Crippen LogP contribution in [0.25, 0.3) is 27.8 Å². The van der Waals surface area contributed by atoms with E-state index in [1.165, 1.54) is 0 Å². The SMILES string of the molecule is Cc1nn(-c2ccccc2)c2nc(C(=O)O)cc(-c3ccc(N4CCOCC4)cc3)c12. The van der Waals surface area contributed by atoms with E-state index in [-0.39, 0.29) is 5.69 Å². The molecule has 0 radical (unpaired) electrons. The van der Waals surface area contributed by atoms with Gasteiger partial charge in [-0.25, -0.2) is 14.5 Å². The van der Waals surface area contributed by atoms with E-state index in [0.717, 1.165) is 59.9 Å². The van der Waals surface area contributed by atoms with Crippen LogP contribution in [-0.2, 0) is 4.74 Å². The lowest BCUT2D eigenvalue weighted by atomic mass is 10.0. The summed E-state index contributed by atoms with van der Waals surface area (Å²) in [5.74, 6) is -1.06. The van der Waals surface area contributed by atoms with Crippen LogP contribution in [-0.4, -0.2) is 52.1 Å². The molecule has 0 saturated carbocycles. The van der Waals surface area contributed by atoms with Gasteiger partial charge in [-0.05, 0) is 48.4 Å². The number of aromatic carboxylic acids is 1. The standard InChI is InChI=1S/C24H22N4O3/c1-16-22-20(17-7-9-18(10-8-17)27-11-13-31-14-12-27)15-21(24(29)30)25-23(22)28(26-16)19-5-3-2-4-6-19/h2-10,15H,11-14H2,1H3,(H,29,30). The number of nitrogens with zero attached hydrogens (tertiary/aromatic N) is 4. The lowest BCUT2D eigenvalue weighted by Crippen LogP contribution is -2.36. The van der Waals surface area contributed by atoms with Crippen LogP contribution in [0, 0.1) is 6.92 Å². The van der Waals surface area contributed by atoms with E-state index >= 15 is 0 Å². The second kappa shape index (κ2) is 7.85. The van der Waals surface area contributed by atoms with Crippen LogP contribution in [0.1, 0.15) is 16.2 Å². The Bertz CT molecular complexity index is 1240. The fraction of sp³-hybridized carbons (Fsp3) is 0.208. The van der Waals surface area contributed by atoms with Gasteiger partial charge in [0.1, 0.15) is 0 Å². The van der Waals surface area contributed by atoms with Crippen molar-refractivity contribution in [1.29, 1.82) is 0 Å². The molecule has 0 aliphatic carbocycles. The van der Waals surface area contributed by atoms with Gasteiger partial charge in [0.15, 0.2) is 11.3 Å². The molecule has 0 amide bonds. The molecule has 2 aromatic heterocycles. The minimum Gasteiger partial charge on any atom is -0.477 e. The number of anilines is 1. The van der Waals surface area contributed by atoms with E-state index < -0.39 is 5.97 Å². The maximum atomic E-state index is 11.8. The first-order chi connectivity index (χ1) is 15.1. The first-order valence-corrected chi connectivity index (χ1v) is 10.2. The van der Waals surface area contributed by atoms with Crippen molar-refractivity contribution >= 4 is 22.7 Å². The smallest absolute Gasteiger partial charge is 0.354 e. The molecular weight excluding hydrogens is 392 g/mol. The second-order valence-electron chi connectivity index (χ2n) is 7.54. The number of ether oxygens (including phenoxy) is 1. The molecule has 7 heteroatoms. The Morgan fingerprint density at radius 1 is 1.00 bits per heavy atom. The zero-order chi connectivity index (χ0) is 21.4. The Labute approximate surface area is 179 Å². The Morgan fingerprint density at radius 3 is 2.39 bits per heavy atom. The van der Waals surface area contributed by atoms with Gasteiger partial charge in [-0.3, -0.25) is 0 Å². The van der Waals surface area contributed by atoms with Gasteiger partial charge in [-0.1, -0.05) is 30.3 Å². The minimum atomic E-state index is -1.06. The molecule has 0 unspecified atom stereocenters. The third kappa shape index (κ3) is 3.53. The van der Waals surface area contributed by atoms with E-state index in [2.05, 4.69) is 27.1 Å². The summed E-state index contributed by atoms with van der Waals surface area (Å²) in [6, 6.07) is 19.5. The molecule has 4 aromatic rings. The largest absolute Gasteiger partial charge is 0.477 e. The number of carboxylic acid groups (broad SMARTS) is 1. The molecule has 7 nitrogen and oxygen atoms in total. The lowest BCUT2D eigenvalue weighted by Gasteiger charge is -2.29. The molecule has 0 atom stereocenters. The second-order valence-corrected chi connectivity index (χ2v) is 7.54. The van der Waals surface area contributed by atoms with Crippen molar-refractivity contribution in [2.75, 3.05) is 31.2 Å². The summed E-state index contributed by atoms with van der Waals surface area (Å²) in [4.78, 5) is 18.5. The Hall–Kier alpha value is -3.71. The van der Waals surface area contributed by atoms with Gasteiger partial charge in [0, 0.05) is 18.8 Å². The van der Waals surface area contributed by atoms with Crippen LogP contribution in [0.5, 0.6) is 0 Å².